The van der Waals surface area contributed by atoms with Crippen molar-refractivity contribution >= 4 is 0 Å². The first-order valence-electron chi connectivity index (χ1n) is 6.74. The molecular weight excluding hydrogens is 232 g/mol. The molecule has 0 heterocycles. The van der Waals surface area contributed by atoms with Crippen molar-refractivity contribution in [2.45, 2.75) is 33.5 Å². The molecule has 0 amide bonds. The van der Waals surface area contributed by atoms with Gasteiger partial charge < -0.3 is 11.1 Å². The summed E-state index contributed by atoms with van der Waals surface area (Å²) in [6.07, 6.45) is 0. The predicted octanol–water partition coefficient (Wildman–Crippen LogP) is 3.05. The summed E-state index contributed by atoms with van der Waals surface area (Å²) in [5, 5.41) is 3.50. The van der Waals surface area contributed by atoms with E-state index < -0.39 is 0 Å². The average molecular weight is 254 g/mol. The van der Waals surface area contributed by atoms with Crippen molar-refractivity contribution < 1.29 is 0 Å². The van der Waals surface area contributed by atoms with Gasteiger partial charge in [-0.1, -0.05) is 48.0 Å². The Balaban J connectivity index is 1.94. The van der Waals surface area contributed by atoms with Crippen molar-refractivity contribution in [2.24, 2.45) is 5.73 Å². The predicted molar refractivity (Wildman–Crippen MR) is 80.8 cm³/mol. The molecule has 0 saturated carbocycles. The van der Waals surface area contributed by atoms with E-state index in [4.69, 9.17) is 5.73 Å². The Kier molecular flexibility index (Phi) is 4.72. The number of benzene rings is 2. The van der Waals surface area contributed by atoms with Crippen LogP contribution in [0.3, 0.4) is 0 Å². The van der Waals surface area contributed by atoms with Gasteiger partial charge in [0.15, 0.2) is 0 Å². The van der Waals surface area contributed by atoms with Crippen molar-refractivity contribution in [1.82, 2.24) is 5.32 Å². The molecule has 0 radical (unpaired) electrons. The Labute approximate surface area is 115 Å². The molecule has 0 aliphatic heterocycles. The second-order valence-corrected chi connectivity index (χ2v) is 5.06. The lowest BCUT2D eigenvalue weighted by molar-refractivity contribution is 0.689. The summed E-state index contributed by atoms with van der Waals surface area (Å²) >= 11 is 0. The lowest BCUT2D eigenvalue weighted by Crippen LogP contribution is -2.14. The monoisotopic (exact) mass is 254 g/mol. The van der Waals surface area contributed by atoms with Gasteiger partial charge in [-0.25, -0.2) is 0 Å². The van der Waals surface area contributed by atoms with Gasteiger partial charge in [0.2, 0.25) is 0 Å². The molecule has 2 rings (SSSR count). The molecule has 0 aromatic heterocycles. The maximum absolute atomic E-state index is 5.65. The van der Waals surface area contributed by atoms with E-state index in [-0.39, 0.29) is 0 Å². The summed E-state index contributed by atoms with van der Waals surface area (Å²) in [7, 11) is 0. The van der Waals surface area contributed by atoms with E-state index in [9.17, 15) is 0 Å². The molecule has 3 N–H and O–H groups in total. The number of nitrogens with two attached hydrogens (primary N) is 1. The summed E-state index contributed by atoms with van der Waals surface area (Å²) in [5.74, 6) is 0. The van der Waals surface area contributed by atoms with Crippen LogP contribution in [0.25, 0.3) is 0 Å². The summed E-state index contributed by atoms with van der Waals surface area (Å²) in [4.78, 5) is 0. The van der Waals surface area contributed by atoms with Crippen LogP contribution in [0.4, 0.5) is 0 Å². The lowest BCUT2D eigenvalue weighted by atomic mass is 10.1. The number of hydrogen-bond donors (Lipinski definition) is 2. The molecule has 2 aromatic carbocycles. The van der Waals surface area contributed by atoms with Crippen molar-refractivity contribution in [1.29, 1.82) is 0 Å². The zero-order valence-electron chi connectivity index (χ0n) is 11.7. The zero-order chi connectivity index (χ0) is 13.7. The minimum atomic E-state index is 0.602. The van der Waals surface area contributed by atoms with E-state index >= 15 is 0 Å². The van der Waals surface area contributed by atoms with Crippen LogP contribution in [-0.4, -0.2) is 0 Å². The van der Waals surface area contributed by atoms with Crippen LogP contribution in [-0.2, 0) is 19.6 Å². The highest BCUT2D eigenvalue weighted by molar-refractivity contribution is 5.30. The Morgan fingerprint density at radius 1 is 0.947 bits per heavy atom. The van der Waals surface area contributed by atoms with Crippen LogP contribution in [0, 0.1) is 13.8 Å². The van der Waals surface area contributed by atoms with E-state index in [0.717, 1.165) is 13.1 Å². The van der Waals surface area contributed by atoms with Gasteiger partial charge in [0, 0.05) is 19.6 Å². The fourth-order valence-electron chi connectivity index (χ4n) is 2.20. The summed E-state index contributed by atoms with van der Waals surface area (Å²) < 4.78 is 0. The zero-order valence-corrected chi connectivity index (χ0v) is 11.7. The molecule has 100 valence electrons. The maximum atomic E-state index is 5.65. The van der Waals surface area contributed by atoms with Gasteiger partial charge in [-0.15, -0.1) is 0 Å². The molecule has 2 heteroatoms. The third-order valence-corrected chi connectivity index (χ3v) is 3.38. The first kappa shape index (κ1) is 13.8. The quantitative estimate of drug-likeness (QED) is 0.860. The largest absolute Gasteiger partial charge is 0.326 e. The van der Waals surface area contributed by atoms with Crippen molar-refractivity contribution in [3.05, 3.63) is 70.3 Å². The average Bonchev–Trinajstić information content (AvgIpc) is 2.43. The van der Waals surface area contributed by atoms with E-state index in [1.807, 2.05) is 0 Å². The first-order valence-corrected chi connectivity index (χ1v) is 6.74. The fraction of sp³-hybridized carbons (Fsp3) is 0.294. The molecule has 0 atom stereocenters. The molecule has 0 spiro atoms. The fourth-order valence-corrected chi connectivity index (χ4v) is 2.20. The minimum absolute atomic E-state index is 0.602. The van der Waals surface area contributed by atoms with Gasteiger partial charge in [0.1, 0.15) is 0 Å². The van der Waals surface area contributed by atoms with Gasteiger partial charge in [-0.05, 0) is 36.1 Å². The molecule has 0 aliphatic carbocycles. The van der Waals surface area contributed by atoms with Crippen LogP contribution in [0.2, 0.25) is 0 Å². The third kappa shape index (κ3) is 3.91. The van der Waals surface area contributed by atoms with Crippen LogP contribution < -0.4 is 11.1 Å². The third-order valence-electron chi connectivity index (χ3n) is 3.38. The van der Waals surface area contributed by atoms with Gasteiger partial charge in [-0.3, -0.25) is 0 Å². The standard InChI is InChI=1S/C17H22N2/c1-13-6-7-14(2)17(8-13)12-19-11-16-5-3-4-15(9-16)10-18/h3-9,19H,10-12,18H2,1-2H3. The molecule has 19 heavy (non-hydrogen) atoms. The Morgan fingerprint density at radius 2 is 1.74 bits per heavy atom. The Bertz CT molecular complexity index is 547. The molecule has 0 saturated heterocycles. The van der Waals surface area contributed by atoms with Gasteiger partial charge >= 0.3 is 0 Å². The molecule has 2 nitrogen and oxygen atoms in total. The van der Waals surface area contributed by atoms with Crippen molar-refractivity contribution in [3.8, 4) is 0 Å². The Hall–Kier alpha value is -1.64. The topological polar surface area (TPSA) is 38.0 Å². The second kappa shape index (κ2) is 6.50. The van der Waals surface area contributed by atoms with Crippen LogP contribution in [0.1, 0.15) is 27.8 Å². The van der Waals surface area contributed by atoms with Crippen LogP contribution in [0.15, 0.2) is 42.5 Å². The maximum Gasteiger partial charge on any atom is 0.0211 e. The SMILES string of the molecule is Cc1ccc(C)c(CNCc2cccc(CN)c2)c1. The molecule has 0 fully saturated rings. The summed E-state index contributed by atoms with van der Waals surface area (Å²) in [6, 6.07) is 15.0. The molecule has 0 aliphatic rings. The van der Waals surface area contributed by atoms with Crippen LogP contribution >= 0.6 is 0 Å². The minimum Gasteiger partial charge on any atom is -0.326 e. The number of rotatable bonds is 5. The lowest BCUT2D eigenvalue weighted by Gasteiger charge is -2.09. The van der Waals surface area contributed by atoms with E-state index in [1.54, 1.807) is 0 Å². The summed E-state index contributed by atoms with van der Waals surface area (Å²) in [5.41, 5.74) is 12.2. The van der Waals surface area contributed by atoms with Gasteiger partial charge in [-0.2, -0.15) is 0 Å². The summed E-state index contributed by atoms with van der Waals surface area (Å²) in [6.45, 7) is 6.67. The van der Waals surface area contributed by atoms with Gasteiger partial charge in [0.05, 0.1) is 0 Å². The highest BCUT2D eigenvalue weighted by Gasteiger charge is 1.99. The molecule has 0 bridgehead atoms. The number of hydrogen-bond acceptors (Lipinski definition) is 2. The first-order chi connectivity index (χ1) is 9.19. The molecule has 2 aromatic rings. The van der Waals surface area contributed by atoms with Gasteiger partial charge in [0.25, 0.3) is 0 Å². The number of aryl methyl sites for hydroxylation is 2. The normalized spacial score (nSPS) is 10.7. The number of nitrogens with one attached hydrogen (secondary N) is 1. The smallest absolute Gasteiger partial charge is 0.0211 e. The Morgan fingerprint density at radius 3 is 2.53 bits per heavy atom. The van der Waals surface area contributed by atoms with E-state index in [0.29, 0.717) is 6.54 Å². The highest BCUT2D eigenvalue weighted by Crippen LogP contribution is 2.11. The van der Waals surface area contributed by atoms with E-state index in [1.165, 1.54) is 27.8 Å². The second-order valence-electron chi connectivity index (χ2n) is 5.06. The highest BCUT2D eigenvalue weighted by atomic mass is 14.8. The van der Waals surface area contributed by atoms with E-state index in [2.05, 4.69) is 61.6 Å². The molecule has 0 unspecified atom stereocenters. The van der Waals surface area contributed by atoms with Crippen molar-refractivity contribution in [2.75, 3.05) is 0 Å². The van der Waals surface area contributed by atoms with Crippen LogP contribution in [0.5, 0.6) is 0 Å². The molecular formula is C17H22N2. The van der Waals surface area contributed by atoms with Crippen molar-refractivity contribution in [3.63, 3.8) is 0 Å².